The van der Waals surface area contributed by atoms with E-state index in [1.165, 1.54) is 11.1 Å². The van der Waals surface area contributed by atoms with Gasteiger partial charge in [0, 0.05) is 13.2 Å². The molecule has 0 aliphatic carbocycles. The molecule has 0 heterocycles. The van der Waals surface area contributed by atoms with Crippen LogP contribution >= 0.6 is 0 Å². The fourth-order valence-electron chi connectivity index (χ4n) is 2.62. The summed E-state index contributed by atoms with van der Waals surface area (Å²) in [6, 6.07) is 10.7. The third kappa shape index (κ3) is 6.16. The van der Waals surface area contributed by atoms with Crippen LogP contribution in [0.4, 0.5) is 0 Å². The van der Waals surface area contributed by atoms with Crippen molar-refractivity contribution in [3.8, 4) is 0 Å². The molecule has 1 atom stereocenters. The van der Waals surface area contributed by atoms with Crippen molar-refractivity contribution in [3.63, 3.8) is 0 Å². The van der Waals surface area contributed by atoms with Crippen LogP contribution in [0.2, 0.25) is 12.1 Å². The second-order valence-corrected chi connectivity index (χ2v) is 8.95. The van der Waals surface area contributed by atoms with Crippen molar-refractivity contribution in [1.82, 2.24) is 0 Å². The maximum Gasteiger partial charge on any atom is 0.337 e. The third-order valence-electron chi connectivity index (χ3n) is 3.74. The molecule has 0 saturated carbocycles. The van der Waals surface area contributed by atoms with E-state index < -0.39 is 8.56 Å². The predicted molar refractivity (Wildman–Crippen MR) is 93.8 cm³/mol. The van der Waals surface area contributed by atoms with Crippen LogP contribution in [-0.2, 0) is 15.3 Å². The van der Waals surface area contributed by atoms with Gasteiger partial charge in [0.1, 0.15) is 0 Å². The van der Waals surface area contributed by atoms with Crippen LogP contribution in [0.25, 0.3) is 6.08 Å². The normalized spacial score (nSPS) is 13.9. The van der Waals surface area contributed by atoms with Crippen LogP contribution in [0.1, 0.15) is 44.7 Å². The quantitative estimate of drug-likeness (QED) is 0.414. The average molecular weight is 307 g/mol. The molecule has 0 aliphatic heterocycles. The van der Waals surface area contributed by atoms with Gasteiger partial charge in [0.2, 0.25) is 0 Å². The maximum absolute atomic E-state index is 6.23. The van der Waals surface area contributed by atoms with Crippen LogP contribution in [0.3, 0.4) is 0 Å². The van der Waals surface area contributed by atoms with E-state index in [4.69, 9.17) is 8.85 Å². The van der Waals surface area contributed by atoms with Crippen molar-refractivity contribution >= 4 is 14.6 Å². The summed E-state index contributed by atoms with van der Waals surface area (Å²) in [6.07, 6.45) is 5.13. The Morgan fingerprint density at radius 2 is 2.00 bits per heavy atom. The third-order valence-corrected chi connectivity index (χ3v) is 7.62. The summed E-state index contributed by atoms with van der Waals surface area (Å²) in [6.45, 7) is 11.9. The summed E-state index contributed by atoms with van der Waals surface area (Å²) in [7, 11) is -1.94. The molecule has 1 aromatic carbocycles. The Balaban J connectivity index is 2.44. The van der Waals surface area contributed by atoms with Gasteiger partial charge < -0.3 is 8.85 Å². The van der Waals surface area contributed by atoms with E-state index in [1.54, 1.807) is 0 Å². The Kier molecular flexibility index (Phi) is 8.58. The predicted octanol–water partition coefficient (Wildman–Crippen LogP) is 5.19. The molecule has 0 bridgehead atoms. The second kappa shape index (κ2) is 9.93. The average Bonchev–Trinajstić information content (AvgIpc) is 2.52. The number of rotatable bonds is 11. The highest BCUT2D eigenvalue weighted by atomic mass is 28.4. The first kappa shape index (κ1) is 18.1. The van der Waals surface area contributed by atoms with Crippen molar-refractivity contribution < 1.29 is 8.85 Å². The lowest BCUT2D eigenvalue weighted by molar-refractivity contribution is 0.173. The monoisotopic (exact) mass is 306 g/mol. The Hall–Kier alpha value is -0.903. The maximum atomic E-state index is 6.23. The van der Waals surface area contributed by atoms with Crippen molar-refractivity contribution in [2.45, 2.75) is 52.1 Å². The highest BCUT2D eigenvalue weighted by molar-refractivity contribution is 6.67. The fourth-order valence-corrected chi connectivity index (χ4v) is 5.56. The van der Waals surface area contributed by atoms with Gasteiger partial charge in [-0.25, -0.2) is 0 Å². The Labute approximate surface area is 131 Å². The van der Waals surface area contributed by atoms with Gasteiger partial charge in [-0.3, -0.25) is 0 Å². The highest BCUT2D eigenvalue weighted by Crippen LogP contribution is 2.21. The van der Waals surface area contributed by atoms with E-state index in [2.05, 4.69) is 51.6 Å². The lowest BCUT2D eigenvalue weighted by Gasteiger charge is -2.29. The van der Waals surface area contributed by atoms with Gasteiger partial charge in [-0.15, -0.1) is 0 Å². The molecule has 0 aromatic heterocycles. The molecule has 0 aliphatic rings. The van der Waals surface area contributed by atoms with E-state index in [0.717, 1.165) is 44.6 Å². The summed E-state index contributed by atoms with van der Waals surface area (Å²) >= 11 is 0. The Bertz CT molecular complexity index is 411. The minimum Gasteiger partial charge on any atom is -0.394 e. The number of aryl methyl sites for hydroxylation is 1. The molecule has 118 valence electrons. The first-order valence-corrected chi connectivity index (χ1v) is 10.4. The molecule has 0 fully saturated rings. The zero-order chi connectivity index (χ0) is 15.6. The molecule has 1 rings (SSSR count). The van der Waals surface area contributed by atoms with Crippen molar-refractivity contribution in [2.24, 2.45) is 0 Å². The van der Waals surface area contributed by atoms with Gasteiger partial charge in [0.15, 0.2) is 0 Å². The van der Waals surface area contributed by atoms with Gasteiger partial charge >= 0.3 is 8.56 Å². The fraction of sp³-hybridized carbons (Fsp3) is 0.556. The molecule has 1 unspecified atom stereocenters. The summed E-state index contributed by atoms with van der Waals surface area (Å²) in [5.74, 6) is 0. The molecule has 21 heavy (non-hydrogen) atoms. The molecule has 2 nitrogen and oxygen atoms in total. The molecule has 0 amide bonds. The number of benzene rings is 1. The van der Waals surface area contributed by atoms with Gasteiger partial charge in [-0.05, 0) is 43.0 Å². The van der Waals surface area contributed by atoms with Crippen molar-refractivity contribution in [1.29, 1.82) is 0 Å². The lowest BCUT2D eigenvalue weighted by Crippen LogP contribution is -2.41. The molecule has 3 heteroatoms. The van der Waals surface area contributed by atoms with Crippen LogP contribution in [-0.4, -0.2) is 21.8 Å². The van der Waals surface area contributed by atoms with Crippen molar-refractivity contribution in [3.05, 3.63) is 42.0 Å². The van der Waals surface area contributed by atoms with Crippen LogP contribution in [0.5, 0.6) is 0 Å². The van der Waals surface area contributed by atoms with E-state index >= 15 is 0 Å². The first-order chi connectivity index (χ1) is 10.2. The van der Waals surface area contributed by atoms with Gasteiger partial charge in [-0.2, -0.15) is 0 Å². The Morgan fingerprint density at radius 1 is 1.19 bits per heavy atom. The molecule has 0 spiro atoms. The van der Waals surface area contributed by atoms with Crippen LogP contribution in [0.15, 0.2) is 30.8 Å². The van der Waals surface area contributed by atoms with E-state index in [9.17, 15) is 0 Å². The van der Waals surface area contributed by atoms with Gasteiger partial charge in [-0.1, -0.05) is 57.2 Å². The molecule has 0 N–H and O–H groups in total. The lowest BCUT2D eigenvalue weighted by atomic mass is 10.1. The SMILES string of the molecule is C=Cc1cccc(CCCO[Si](CC)(CCC)OCC)c1. The highest BCUT2D eigenvalue weighted by Gasteiger charge is 2.33. The molecule has 1 aromatic rings. The van der Waals surface area contributed by atoms with Gasteiger partial charge in [0.05, 0.1) is 0 Å². The first-order valence-electron chi connectivity index (χ1n) is 8.19. The molecule has 0 radical (unpaired) electrons. The second-order valence-electron chi connectivity index (χ2n) is 5.35. The summed E-state index contributed by atoms with van der Waals surface area (Å²) in [4.78, 5) is 0. The molecular weight excluding hydrogens is 276 g/mol. The minimum absolute atomic E-state index is 0.765. The van der Waals surface area contributed by atoms with E-state index in [-0.39, 0.29) is 0 Å². The zero-order valence-corrected chi connectivity index (χ0v) is 14.9. The van der Waals surface area contributed by atoms with E-state index in [0.29, 0.717) is 0 Å². The Morgan fingerprint density at radius 3 is 2.62 bits per heavy atom. The topological polar surface area (TPSA) is 18.5 Å². The molecule has 0 saturated heterocycles. The van der Waals surface area contributed by atoms with E-state index in [1.807, 2.05) is 6.08 Å². The zero-order valence-electron chi connectivity index (χ0n) is 13.9. The summed E-state index contributed by atoms with van der Waals surface area (Å²) < 4.78 is 12.2. The largest absolute Gasteiger partial charge is 0.394 e. The summed E-state index contributed by atoms with van der Waals surface area (Å²) in [5.41, 5.74) is 2.54. The standard InChI is InChI=1S/C18H30O2Si/c1-5-15-21(8-4,19-7-3)20-14-10-13-18-12-9-11-17(6-2)16-18/h6,9,11-12,16H,2,5,7-8,10,13-15H2,1,3-4H3. The van der Waals surface area contributed by atoms with Crippen molar-refractivity contribution in [2.75, 3.05) is 13.2 Å². The minimum atomic E-state index is -1.94. The van der Waals surface area contributed by atoms with Crippen LogP contribution in [0, 0.1) is 0 Å². The van der Waals surface area contributed by atoms with Gasteiger partial charge in [0.25, 0.3) is 0 Å². The number of hydrogen-bond donors (Lipinski definition) is 0. The van der Waals surface area contributed by atoms with Crippen LogP contribution < -0.4 is 0 Å². The number of hydrogen-bond acceptors (Lipinski definition) is 2. The smallest absolute Gasteiger partial charge is 0.337 e. The summed E-state index contributed by atoms with van der Waals surface area (Å²) in [5, 5.41) is 0. The molecular formula is C18H30O2Si.